The van der Waals surface area contributed by atoms with Crippen molar-refractivity contribution in [1.29, 1.82) is 0 Å². The van der Waals surface area contributed by atoms with Crippen LogP contribution in [-0.4, -0.2) is 35.7 Å². The molecule has 32 heavy (non-hydrogen) atoms. The molecule has 1 aromatic heterocycles. The zero-order valence-electron chi connectivity index (χ0n) is 17.9. The Labute approximate surface area is 196 Å². The van der Waals surface area contributed by atoms with E-state index in [1.807, 2.05) is 74.5 Å². The predicted octanol–water partition coefficient (Wildman–Crippen LogP) is 6.55. The second-order valence-electron chi connectivity index (χ2n) is 7.16. The van der Waals surface area contributed by atoms with Gasteiger partial charge in [0, 0.05) is 23.3 Å². The third kappa shape index (κ3) is 5.15. The number of amides is 1. The van der Waals surface area contributed by atoms with Crippen LogP contribution in [0.4, 0.5) is 5.69 Å². The quantitative estimate of drug-likeness (QED) is 0.292. The SMILES string of the molecule is CCOCCN1C(=O)/C(=C/c2ccc(-c3cc(Cl)ccc3C)o2)SC1=Nc1ccccc1. The molecular formula is C25H23ClN2O3S. The summed E-state index contributed by atoms with van der Waals surface area (Å²) in [4.78, 5) is 20.0. The number of halogens is 1. The molecule has 0 spiro atoms. The van der Waals surface area contributed by atoms with Crippen molar-refractivity contribution in [3.05, 3.63) is 81.9 Å². The highest BCUT2D eigenvalue weighted by Gasteiger charge is 2.33. The smallest absolute Gasteiger partial charge is 0.266 e. The van der Waals surface area contributed by atoms with Gasteiger partial charge in [-0.2, -0.15) is 0 Å². The fourth-order valence-corrected chi connectivity index (χ4v) is 4.44. The highest BCUT2D eigenvalue weighted by atomic mass is 35.5. The van der Waals surface area contributed by atoms with Gasteiger partial charge in [0.15, 0.2) is 5.17 Å². The Hall–Kier alpha value is -2.80. The molecule has 164 valence electrons. The Balaban J connectivity index is 1.62. The van der Waals surface area contributed by atoms with Crippen molar-refractivity contribution in [2.24, 2.45) is 4.99 Å². The fourth-order valence-electron chi connectivity index (χ4n) is 3.27. The standard InChI is InChI=1S/C25H23ClN2O3S/c1-3-30-14-13-28-24(29)23(32-25(28)27-19-7-5-4-6-8-19)16-20-11-12-22(31-20)21-15-18(26)10-9-17(21)2/h4-12,15-16H,3,13-14H2,1-2H3/b23-16-,27-25?. The lowest BCUT2D eigenvalue weighted by Gasteiger charge is -2.15. The molecule has 0 atom stereocenters. The second-order valence-corrected chi connectivity index (χ2v) is 8.60. The normalized spacial score (nSPS) is 16.5. The Morgan fingerprint density at radius 1 is 1.16 bits per heavy atom. The molecule has 0 radical (unpaired) electrons. The number of carbonyl (C=O) groups is 1. The van der Waals surface area contributed by atoms with E-state index in [9.17, 15) is 4.79 Å². The summed E-state index contributed by atoms with van der Waals surface area (Å²) in [6.45, 7) is 5.42. The van der Waals surface area contributed by atoms with E-state index in [4.69, 9.17) is 20.8 Å². The topological polar surface area (TPSA) is 55.0 Å². The van der Waals surface area contributed by atoms with Gasteiger partial charge in [0.1, 0.15) is 11.5 Å². The molecule has 2 aromatic carbocycles. The zero-order chi connectivity index (χ0) is 22.5. The van der Waals surface area contributed by atoms with Crippen LogP contribution in [-0.2, 0) is 9.53 Å². The van der Waals surface area contributed by atoms with Gasteiger partial charge in [-0.15, -0.1) is 0 Å². The van der Waals surface area contributed by atoms with Crippen LogP contribution < -0.4 is 0 Å². The number of ether oxygens (including phenoxy) is 1. The van der Waals surface area contributed by atoms with Crippen LogP contribution in [0.5, 0.6) is 0 Å². The van der Waals surface area contributed by atoms with Crippen LogP contribution in [0.3, 0.4) is 0 Å². The van der Waals surface area contributed by atoms with E-state index in [-0.39, 0.29) is 5.91 Å². The molecule has 7 heteroatoms. The first-order chi connectivity index (χ1) is 15.5. The number of furan rings is 1. The van der Waals surface area contributed by atoms with Crippen LogP contribution >= 0.6 is 23.4 Å². The van der Waals surface area contributed by atoms with Crippen molar-refractivity contribution < 1.29 is 13.9 Å². The number of thioether (sulfide) groups is 1. The van der Waals surface area contributed by atoms with Crippen molar-refractivity contribution in [2.75, 3.05) is 19.8 Å². The van der Waals surface area contributed by atoms with E-state index in [0.717, 1.165) is 16.8 Å². The number of para-hydroxylation sites is 1. The van der Waals surface area contributed by atoms with E-state index in [2.05, 4.69) is 4.99 Å². The lowest BCUT2D eigenvalue weighted by Crippen LogP contribution is -2.32. The molecule has 2 heterocycles. The van der Waals surface area contributed by atoms with Gasteiger partial charge in [0.05, 0.1) is 23.7 Å². The molecule has 0 bridgehead atoms. The van der Waals surface area contributed by atoms with Crippen molar-refractivity contribution in [2.45, 2.75) is 13.8 Å². The van der Waals surface area contributed by atoms with Crippen molar-refractivity contribution >= 4 is 46.2 Å². The summed E-state index contributed by atoms with van der Waals surface area (Å²) >= 11 is 7.49. The number of nitrogens with zero attached hydrogens (tertiary/aromatic N) is 2. The second kappa shape index (κ2) is 10.2. The molecule has 3 aromatic rings. The van der Waals surface area contributed by atoms with Crippen LogP contribution in [0.15, 0.2) is 75.0 Å². The summed E-state index contributed by atoms with van der Waals surface area (Å²) in [5.41, 5.74) is 2.79. The van der Waals surface area contributed by atoms with E-state index in [1.165, 1.54) is 11.8 Å². The minimum absolute atomic E-state index is 0.110. The molecule has 1 amide bonds. The summed E-state index contributed by atoms with van der Waals surface area (Å²) in [6.07, 6.45) is 1.76. The van der Waals surface area contributed by atoms with Crippen LogP contribution in [0.1, 0.15) is 18.2 Å². The van der Waals surface area contributed by atoms with Crippen LogP contribution in [0.25, 0.3) is 17.4 Å². The van der Waals surface area contributed by atoms with Gasteiger partial charge in [0.25, 0.3) is 5.91 Å². The Morgan fingerprint density at radius 3 is 2.75 bits per heavy atom. The average molecular weight is 467 g/mol. The number of aryl methyl sites for hydroxylation is 1. The molecule has 0 N–H and O–H groups in total. The van der Waals surface area contributed by atoms with Gasteiger partial charge in [-0.05, 0) is 67.6 Å². The molecule has 1 aliphatic rings. The Bertz CT molecular complexity index is 1170. The molecule has 1 aliphatic heterocycles. The first-order valence-corrected chi connectivity index (χ1v) is 11.5. The number of hydrogen-bond acceptors (Lipinski definition) is 5. The summed E-state index contributed by atoms with van der Waals surface area (Å²) in [6, 6.07) is 19.0. The number of benzene rings is 2. The molecular weight excluding hydrogens is 444 g/mol. The maximum Gasteiger partial charge on any atom is 0.266 e. The maximum absolute atomic E-state index is 13.1. The van der Waals surface area contributed by atoms with Crippen molar-refractivity contribution in [3.63, 3.8) is 0 Å². The van der Waals surface area contributed by atoms with Gasteiger partial charge in [-0.1, -0.05) is 35.9 Å². The van der Waals surface area contributed by atoms with E-state index in [0.29, 0.717) is 46.4 Å². The van der Waals surface area contributed by atoms with Gasteiger partial charge >= 0.3 is 0 Å². The van der Waals surface area contributed by atoms with Gasteiger partial charge in [-0.25, -0.2) is 4.99 Å². The van der Waals surface area contributed by atoms with Crippen molar-refractivity contribution in [1.82, 2.24) is 4.90 Å². The minimum Gasteiger partial charge on any atom is -0.457 e. The monoisotopic (exact) mass is 466 g/mol. The number of rotatable bonds is 7. The maximum atomic E-state index is 13.1. The van der Waals surface area contributed by atoms with Gasteiger partial charge in [-0.3, -0.25) is 9.69 Å². The molecule has 0 unspecified atom stereocenters. The van der Waals surface area contributed by atoms with Gasteiger partial charge < -0.3 is 9.15 Å². The lowest BCUT2D eigenvalue weighted by atomic mass is 10.1. The molecule has 1 saturated heterocycles. The first kappa shape index (κ1) is 22.4. The molecule has 0 saturated carbocycles. The Morgan fingerprint density at radius 2 is 1.97 bits per heavy atom. The number of carbonyl (C=O) groups excluding carboxylic acids is 1. The van der Waals surface area contributed by atoms with Crippen LogP contribution in [0, 0.1) is 6.92 Å². The summed E-state index contributed by atoms with van der Waals surface area (Å²) < 4.78 is 11.5. The third-order valence-corrected chi connectivity index (χ3v) is 6.14. The van der Waals surface area contributed by atoms with Crippen LogP contribution in [0.2, 0.25) is 5.02 Å². The molecule has 0 aliphatic carbocycles. The summed E-state index contributed by atoms with van der Waals surface area (Å²) in [5, 5.41) is 1.28. The van der Waals surface area contributed by atoms with Gasteiger partial charge in [0.2, 0.25) is 0 Å². The van der Waals surface area contributed by atoms with Crippen molar-refractivity contribution in [3.8, 4) is 11.3 Å². The predicted molar refractivity (Wildman–Crippen MR) is 131 cm³/mol. The number of amidine groups is 1. The highest BCUT2D eigenvalue weighted by molar-refractivity contribution is 8.18. The lowest BCUT2D eigenvalue weighted by molar-refractivity contribution is -0.122. The zero-order valence-corrected chi connectivity index (χ0v) is 19.4. The molecule has 5 nitrogen and oxygen atoms in total. The number of hydrogen-bond donors (Lipinski definition) is 0. The minimum atomic E-state index is -0.110. The van der Waals surface area contributed by atoms with E-state index < -0.39 is 0 Å². The summed E-state index contributed by atoms with van der Waals surface area (Å²) in [7, 11) is 0. The van der Waals surface area contributed by atoms with E-state index in [1.54, 1.807) is 11.0 Å². The number of aliphatic imine (C=N–C) groups is 1. The van der Waals surface area contributed by atoms with E-state index >= 15 is 0 Å². The molecule has 4 rings (SSSR count). The largest absolute Gasteiger partial charge is 0.457 e. The molecule has 1 fully saturated rings. The Kier molecular flexibility index (Phi) is 7.15. The fraction of sp³-hybridized carbons (Fsp3) is 0.200. The highest BCUT2D eigenvalue weighted by Crippen LogP contribution is 2.35. The third-order valence-electron chi connectivity index (χ3n) is 4.90. The first-order valence-electron chi connectivity index (χ1n) is 10.3. The summed E-state index contributed by atoms with van der Waals surface area (Å²) in [5.74, 6) is 1.20. The average Bonchev–Trinajstić information content (AvgIpc) is 3.36.